The van der Waals surface area contributed by atoms with Crippen LogP contribution in [-0.4, -0.2) is 27.6 Å². The van der Waals surface area contributed by atoms with Gasteiger partial charge < -0.3 is 4.74 Å². The molecule has 0 aliphatic heterocycles. The van der Waals surface area contributed by atoms with Crippen molar-refractivity contribution >= 4 is 62.2 Å². The van der Waals surface area contributed by atoms with Gasteiger partial charge in [-0.15, -0.1) is 11.3 Å². The zero-order valence-electron chi connectivity index (χ0n) is 14.0. The van der Waals surface area contributed by atoms with Gasteiger partial charge in [-0.2, -0.15) is 0 Å². The summed E-state index contributed by atoms with van der Waals surface area (Å²) in [5.74, 6) is -0.525. The molecule has 0 bridgehead atoms. The number of esters is 1. The van der Waals surface area contributed by atoms with Gasteiger partial charge in [0.1, 0.15) is 4.83 Å². The molecule has 0 aromatic carbocycles. The lowest BCUT2D eigenvalue weighted by molar-refractivity contribution is 0.0606. The first-order chi connectivity index (χ1) is 12.5. The van der Waals surface area contributed by atoms with E-state index in [9.17, 15) is 9.59 Å². The van der Waals surface area contributed by atoms with E-state index in [1.807, 2.05) is 0 Å². The Hall–Kier alpha value is -1.42. The molecule has 4 rings (SSSR count). The van der Waals surface area contributed by atoms with Gasteiger partial charge in [-0.3, -0.25) is 9.36 Å². The van der Waals surface area contributed by atoms with Gasteiger partial charge in [0.15, 0.2) is 19.5 Å². The van der Waals surface area contributed by atoms with E-state index >= 15 is 0 Å². The monoisotopic (exact) mass is 427 g/mol. The Morgan fingerprint density at radius 3 is 2.81 bits per heavy atom. The number of hydrogen-bond acceptors (Lipinski definition) is 8. The van der Waals surface area contributed by atoms with Gasteiger partial charge in [-0.05, 0) is 43.0 Å². The summed E-state index contributed by atoms with van der Waals surface area (Å²) in [5.41, 5.74) is 1.14. The van der Waals surface area contributed by atoms with E-state index in [-0.39, 0.29) is 15.6 Å². The zero-order valence-corrected chi connectivity index (χ0v) is 17.2. The average molecular weight is 428 g/mol. The molecule has 0 saturated carbocycles. The van der Waals surface area contributed by atoms with Crippen LogP contribution in [-0.2, 0) is 24.6 Å². The second kappa shape index (κ2) is 6.95. The largest absolute Gasteiger partial charge is 0.465 e. The number of carbonyl (C=O) groups is 1. The maximum absolute atomic E-state index is 12.9. The highest BCUT2D eigenvalue weighted by Gasteiger charge is 2.23. The first-order valence-electron chi connectivity index (χ1n) is 7.93. The number of methoxy groups -OCH3 is 1. The van der Waals surface area contributed by atoms with Crippen LogP contribution in [0.2, 0.25) is 5.15 Å². The molecule has 3 aromatic heterocycles. The second-order valence-corrected chi connectivity index (χ2v) is 9.50. The summed E-state index contributed by atoms with van der Waals surface area (Å²) in [6, 6.07) is 0. The topological polar surface area (TPSA) is 74.1 Å². The highest BCUT2D eigenvalue weighted by molar-refractivity contribution is 8.00. The zero-order chi connectivity index (χ0) is 18.4. The van der Waals surface area contributed by atoms with E-state index in [0.717, 1.165) is 47.2 Å². The van der Waals surface area contributed by atoms with Crippen molar-refractivity contribution in [2.24, 2.45) is 7.05 Å². The van der Waals surface area contributed by atoms with Gasteiger partial charge in [-0.1, -0.05) is 22.9 Å². The second-order valence-electron chi connectivity index (χ2n) is 5.84. The number of ether oxygens (including phenoxy) is 1. The molecule has 136 valence electrons. The number of hydrogen-bond donors (Lipinski definition) is 0. The molecule has 3 aromatic rings. The number of halogens is 1. The van der Waals surface area contributed by atoms with Crippen LogP contribution in [0.4, 0.5) is 0 Å². The number of fused-ring (bicyclic) bond motifs is 3. The third kappa shape index (κ3) is 2.96. The predicted octanol–water partition coefficient (Wildman–Crippen LogP) is 3.92. The quantitative estimate of drug-likeness (QED) is 0.466. The van der Waals surface area contributed by atoms with Crippen molar-refractivity contribution in [2.75, 3.05) is 7.11 Å². The molecular weight excluding hydrogens is 414 g/mol. The minimum Gasteiger partial charge on any atom is -0.465 e. The molecule has 0 radical (unpaired) electrons. The van der Waals surface area contributed by atoms with E-state index in [1.165, 1.54) is 29.3 Å². The van der Waals surface area contributed by atoms with Crippen molar-refractivity contribution in [1.82, 2.24) is 14.5 Å². The number of rotatable bonds is 3. The Balaban J connectivity index is 1.77. The van der Waals surface area contributed by atoms with Crippen molar-refractivity contribution in [3.05, 3.63) is 30.8 Å². The molecule has 6 nitrogen and oxygen atoms in total. The van der Waals surface area contributed by atoms with Crippen molar-refractivity contribution in [3.63, 3.8) is 0 Å². The van der Waals surface area contributed by atoms with Gasteiger partial charge >= 0.3 is 5.97 Å². The molecule has 0 amide bonds. The number of aromatic nitrogens is 3. The van der Waals surface area contributed by atoms with Crippen LogP contribution in [0, 0.1) is 0 Å². The first kappa shape index (κ1) is 18.0. The Morgan fingerprint density at radius 1 is 1.27 bits per heavy atom. The number of thiophene rings is 1. The Bertz CT molecular complexity index is 1090. The SMILES string of the molecule is COC(=O)c1sc(Sc2nc3sc4c(c3c(=O)n2C)CCCC4)nc1Cl. The average Bonchev–Trinajstić information content (AvgIpc) is 3.18. The van der Waals surface area contributed by atoms with E-state index < -0.39 is 5.97 Å². The standard InChI is InChI=1S/C16H14ClN3O3S3/c1-20-13(21)9-7-5-3-4-6-8(7)24-12(9)19-15(20)26-16-18-11(17)10(25-16)14(22)23-2/h3-6H2,1-2H3. The van der Waals surface area contributed by atoms with Gasteiger partial charge in [0.25, 0.3) is 5.56 Å². The van der Waals surface area contributed by atoms with Gasteiger partial charge in [0, 0.05) is 11.9 Å². The maximum atomic E-state index is 12.9. The summed E-state index contributed by atoms with van der Waals surface area (Å²) in [6.07, 6.45) is 4.25. The van der Waals surface area contributed by atoms with Crippen molar-refractivity contribution in [3.8, 4) is 0 Å². The number of thiazole rings is 1. The molecule has 1 aliphatic carbocycles. The summed E-state index contributed by atoms with van der Waals surface area (Å²) < 4.78 is 6.78. The summed E-state index contributed by atoms with van der Waals surface area (Å²) in [5, 5.41) is 1.38. The third-order valence-corrected chi connectivity index (χ3v) is 7.99. The normalized spacial score (nSPS) is 13.8. The van der Waals surface area contributed by atoms with Crippen molar-refractivity contribution in [1.29, 1.82) is 0 Å². The fourth-order valence-corrected chi connectivity index (χ4v) is 6.57. The Labute approximate surface area is 166 Å². The Morgan fingerprint density at radius 2 is 2.04 bits per heavy atom. The molecule has 1 aliphatic rings. The molecule has 0 atom stereocenters. The van der Waals surface area contributed by atoms with Crippen LogP contribution in [0.1, 0.15) is 33.0 Å². The number of aryl methyl sites for hydroxylation is 2. The smallest absolute Gasteiger partial charge is 0.351 e. The predicted molar refractivity (Wildman–Crippen MR) is 104 cm³/mol. The Kier molecular flexibility index (Phi) is 4.81. The maximum Gasteiger partial charge on any atom is 0.351 e. The molecule has 0 fully saturated rings. The van der Waals surface area contributed by atoms with Crippen molar-refractivity contribution in [2.45, 2.75) is 35.2 Å². The number of nitrogens with zero attached hydrogens (tertiary/aromatic N) is 3. The van der Waals surface area contributed by atoms with E-state index in [2.05, 4.69) is 4.98 Å². The van der Waals surface area contributed by atoms with Crippen molar-refractivity contribution < 1.29 is 9.53 Å². The summed E-state index contributed by atoms with van der Waals surface area (Å²) in [7, 11) is 3.00. The molecule has 10 heteroatoms. The summed E-state index contributed by atoms with van der Waals surface area (Å²) in [6.45, 7) is 0. The van der Waals surface area contributed by atoms with Gasteiger partial charge in [0.05, 0.1) is 12.5 Å². The van der Waals surface area contributed by atoms with Crippen LogP contribution < -0.4 is 5.56 Å². The van der Waals surface area contributed by atoms with E-state index in [1.54, 1.807) is 23.0 Å². The molecule has 26 heavy (non-hydrogen) atoms. The highest BCUT2D eigenvalue weighted by Crippen LogP contribution is 2.37. The molecule has 3 heterocycles. The molecule has 0 spiro atoms. The minimum atomic E-state index is -0.525. The lowest BCUT2D eigenvalue weighted by atomic mass is 9.97. The molecule has 0 N–H and O–H groups in total. The fraction of sp³-hybridized carbons (Fsp3) is 0.375. The molecular formula is C16H14ClN3O3S3. The van der Waals surface area contributed by atoms with Gasteiger partial charge in [0.2, 0.25) is 0 Å². The van der Waals surface area contributed by atoms with Crippen LogP contribution in [0.25, 0.3) is 10.2 Å². The molecule has 0 unspecified atom stereocenters. The van der Waals surface area contributed by atoms with E-state index in [0.29, 0.717) is 9.50 Å². The summed E-state index contributed by atoms with van der Waals surface area (Å²) in [4.78, 5) is 35.8. The van der Waals surface area contributed by atoms with Gasteiger partial charge in [-0.25, -0.2) is 14.8 Å². The molecule has 0 saturated heterocycles. The third-order valence-electron chi connectivity index (χ3n) is 4.27. The van der Waals surface area contributed by atoms with E-state index in [4.69, 9.17) is 21.3 Å². The minimum absolute atomic E-state index is 0.0345. The van der Waals surface area contributed by atoms with Crippen LogP contribution >= 0.6 is 46.0 Å². The van der Waals surface area contributed by atoms with Crippen LogP contribution in [0.15, 0.2) is 14.3 Å². The fourth-order valence-electron chi connectivity index (χ4n) is 2.98. The lowest BCUT2D eigenvalue weighted by Gasteiger charge is -2.10. The van der Waals surface area contributed by atoms with Crippen LogP contribution in [0.5, 0.6) is 0 Å². The lowest BCUT2D eigenvalue weighted by Crippen LogP contribution is -2.20. The number of carbonyl (C=O) groups excluding carboxylic acids is 1. The summed E-state index contributed by atoms with van der Waals surface area (Å²) >= 11 is 9.98. The van der Waals surface area contributed by atoms with Crippen LogP contribution in [0.3, 0.4) is 0 Å². The first-order valence-corrected chi connectivity index (χ1v) is 10.8. The highest BCUT2D eigenvalue weighted by atomic mass is 35.5.